The molecule has 0 atom stereocenters. The number of nitrogens with one attached hydrogen (secondary N) is 1. The van der Waals surface area contributed by atoms with E-state index in [-0.39, 0.29) is 0 Å². The highest BCUT2D eigenvalue weighted by atomic mass is 32.2. The van der Waals surface area contributed by atoms with E-state index in [9.17, 15) is 0 Å². The Labute approximate surface area is 103 Å². The van der Waals surface area contributed by atoms with E-state index >= 15 is 0 Å². The van der Waals surface area contributed by atoms with Crippen molar-refractivity contribution in [1.29, 1.82) is 0 Å². The molecule has 0 aromatic rings. The minimum atomic E-state index is 0.967. The number of hydrogen-bond acceptors (Lipinski definition) is 4. The zero-order chi connectivity index (χ0) is 11.1. The van der Waals surface area contributed by atoms with Crippen molar-refractivity contribution < 1.29 is 0 Å². The molecule has 0 unspecified atom stereocenters. The summed E-state index contributed by atoms with van der Waals surface area (Å²) in [5, 5.41) is 4.47. The minimum absolute atomic E-state index is 0.967. The van der Waals surface area contributed by atoms with Gasteiger partial charge in [-0.25, -0.2) is 0 Å². The molecule has 1 saturated heterocycles. The Morgan fingerprint density at radius 3 is 2.69 bits per heavy atom. The summed E-state index contributed by atoms with van der Waals surface area (Å²) in [5.41, 5.74) is 0. The SMILES string of the molecule is C1CCCN(CCCSC2=NCCN2)CC1. The average molecular weight is 241 g/mol. The lowest BCUT2D eigenvalue weighted by Crippen LogP contribution is -2.26. The minimum Gasteiger partial charge on any atom is -0.363 e. The van der Waals surface area contributed by atoms with Crippen molar-refractivity contribution in [3.05, 3.63) is 0 Å². The van der Waals surface area contributed by atoms with Crippen molar-refractivity contribution in [2.24, 2.45) is 4.99 Å². The van der Waals surface area contributed by atoms with Gasteiger partial charge in [0.05, 0.1) is 6.54 Å². The molecule has 3 nitrogen and oxygen atoms in total. The van der Waals surface area contributed by atoms with Crippen molar-refractivity contribution >= 4 is 16.9 Å². The highest BCUT2D eigenvalue weighted by Crippen LogP contribution is 2.12. The monoisotopic (exact) mass is 241 g/mol. The summed E-state index contributed by atoms with van der Waals surface area (Å²) in [6, 6.07) is 0. The maximum Gasteiger partial charge on any atom is 0.156 e. The molecule has 92 valence electrons. The Bertz CT molecular complexity index is 222. The third-order valence-corrected chi connectivity index (χ3v) is 4.24. The highest BCUT2D eigenvalue weighted by Gasteiger charge is 2.09. The lowest BCUT2D eigenvalue weighted by Gasteiger charge is -2.19. The van der Waals surface area contributed by atoms with Gasteiger partial charge >= 0.3 is 0 Å². The fraction of sp³-hybridized carbons (Fsp3) is 0.917. The summed E-state index contributed by atoms with van der Waals surface area (Å²) < 4.78 is 0. The van der Waals surface area contributed by atoms with E-state index in [0.717, 1.165) is 18.3 Å². The zero-order valence-corrected chi connectivity index (χ0v) is 10.9. The molecule has 0 spiro atoms. The second kappa shape index (κ2) is 7.17. The van der Waals surface area contributed by atoms with Crippen LogP contribution in [0.2, 0.25) is 0 Å². The van der Waals surface area contributed by atoms with Gasteiger partial charge in [0, 0.05) is 12.3 Å². The number of likely N-dealkylation sites (tertiary alicyclic amines) is 1. The zero-order valence-electron chi connectivity index (χ0n) is 10.1. The first-order valence-corrected chi connectivity index (χ1v) is 7.57. The topological polar surface area (TPSA) is 27.6 Å². The number of amidine groups is 1. The first kappa shape index (κ1) is 12.2. The van der Waals surface area contributed by atoms with Crippen LogP contribution in [-0.2, 0) is 0 Å². The third-order valence-electron chi connectivity index (χ3n) is 3.20. The Balaban J connectivity index is 1.53. The normalized spacial score (nSPS) is 22.6. The fourth-order valence-electron chi connectivity index (χ4n) is 2.29. The molecule has 2 heterocycles. The molecule has 2 aliphatic rings. The molecule has 16 heavy (non-hydrogen) atoms. The van der Waals surface area contributed by atoms with E-state index in [1.165, 1.54) is 57.5 Å². The summed E-state index contributed by atoms with van der Waals surface area (Å²) >= 11 is 1.89. The summed E-state index contributed by atoms with van der Waals surface area (Å²) in [4.78, 5) is 7.03. The van der Waals surface area contributed by atoms with Gasteiger partial charge in [-0.05, 0) is 38.9 Å². The highest BCUT2D eigenvalue weighted by molar-refractivity contribution is 8.13. The predicted octanol–water partition coefficient (Wildman–Crippen LogP) is 1.94. The second-order valence-corrected chi connectivity index (χ2v) is 5.66. The van der Waals surface area contributed by atoms with Crippen molar-refractivity contribution in [2.45, 2.75) is 32.1 Å². The smallest absolute Gasteiger partial charge is 0.156 e. The van der Waals surface area contributed by atoms with Gasteiger partial charge in [0.25, 0.3) is 0 Å². The summed E-state index contributed by atoms with van der Waals surface area (Å²) in [7, 11) is 0. The molecule has 0 saturated carbocycles. The van der Waals surface area contributed by atoms with Gasteiger partial charge in [-0.1, -0.05) is 24.6 Å². The summed E-state index contributed by atoms with van der Waals surface area (Å²) in [6.07, 6.45) is 6.98. The fourth-order valence-corrected chi connectivity index (χ4v) is 3.14. The van der Waals surface area contributed by atoms with Gasteiger partial charge in [-0.15, -0.1) is 0 Å². The van der Waals surface area contributed by atoms with Crippen molar-refractivity contribution in [3.63, 3.8) is 0 Å². The van der Waals surface area contributed by atoms with E-state index in [4.69, 9.17) is 0 Å². The molecule has 1 N–H and O–H groups in total. The number of thioether (sulfide) groups is 1. The molecule has 0 amide bonds. The molecule has 0 bridgehead atoms. The van der Waals surface area contributed by atoms with Crippen LogP contribution in [0.15, 0.2) is 4.99 Å². The first-order valence-electron chi connectivity index (χ1n) is 6.58. The number of rotatable bonds is 4. The number of aliphatic imine (C=N–C) groups is 1. The van der Waals surface area contributed by atoms with E-state index in [1.807, 2.05) is 11.8 Å². The predicted molar refractivity (Wildman–Crippen MR) is 72.3 cm³/mol. The summed E-state index contributed by atoms with van der Waals surface area (Å²) in [6.45, 7) is 5.93. The molecule has 2 aliphatic heterocycles. The summed E-state index contributed by atoms with van der Waals surface area (Å²) in [5.74, 6) is 1.21. The van der Waals surface area contributed by atoms with Crippen LogP contribution in [0, 0.1) is 0 Å². The van der Waals surface area contributed by atoms with Crippen molar-refractivity contribution in [1.82, 2.24) is 10.2 Å². The van der Waals surface area contributed by atoms with E-state index < -0.39 is 0 Å². The number of hydrogen-bond donors (Lipinski definition) is 1. The van der Waals surface area contributed by atoms with Gasteiger partial charge in [0.1, 0.15) is 0 Å². The Kier molecular flexibility index (Phi) is 5.49. The van der Waals surface area contributed by atoms with E-state index in [0.29, 0.717) is 0 Å². The van der Waals surface area contributed by atoms with Crippen LogP contribution in [0.4, 0.5) is 0 Å². The molecule has 4 heteroatoms. The van der Waals surface area contributed by atoms with Gasteiger partial charge in [0.15, 0.2) is 5.17 Å². The average Bonchev–Trinajstić information content (AvgIpc) is 2.68. The van der Waals surface area contributed by atoms with Crippen LogP contribution >= 0.6 is 11.8 Å². The van der Waals surface area contributed by atoms with Gasteiger partial charge in [-0.2, -0.15) is 0 Å². The lowest BCUT2D eigenvalue weighted by molar-refractivity contribution is 0.287. The van der Waals surface area contributed by atoms with Crippen LogP contribution in [-0.4, -0.2) is 48.5 Å². The first-order chi connectivity index (χ1) is 7.95. The van der Waals surface area contributed by atoms with Crippen LogP contribution in [0.5, 0.6) is 0 Å². The molecular formula is C12H23N3S. The van der Waals surface area contributed by atoms with Crippen LogP contribution < -0.4 is 5.32 Å². The van der Waals surface area contributed by atoms with Crippen molar-refractivity contribution in [3.8, 4) is 0 Å². The van der Waals surface area contributed by atoms with Crippen LogP contribution in [0.1, 0.15) is 32.1 Å². The maximum atomic E-state index is 4.39. The molecule has 1 fully saturated rings. The second-order valence-electron chi connectivity index (χ2n) is 4.57. The van der Waals surface area contributed by atoms with Crippen molar-refractivity contribution in [2.75, 3.05) is 38.5 Å². The van der Waals surface area contributed by atoms with Crippen LogP contribution in [0.25, 0.3) is 0 Å². The van der Waals surface area contributed by atoms with Gasteiger partial charge < -0.3 is 10.2 Å². The number of nitrogens with zero attached hydrogens (tertiary/aromatic N) is 2. The standard InChI is InChI=1S/C12H23N3S/c1-2-4-9-15(8-3-1)10-5-11-16-12-13-6-7-14-12/h1-11H2,(H,13,14). The third kappa shape index (κ3) is 4.34. The largest absolute Gasteiger partial charge is 0.363 e. The van der Waals surface area contributed by atoms with Gasteiger partial charge in [0.2, 0.25) is 0 Å². The lowest BCUT2D eigenvalue weighted by atomic mass is 10.2. The molecule has 0 aromatic heterocycles. The molecule has 2 rings (SSSR count). The Morgan fingerprint density at radius 1 is 1.19 bits per heavy atom. The molecule has 0 aromatic carbocycles. The van der Waals surface area contributed by atoms with Crippen LogP contribution in [0.3, 0.4) is 0 Å². The molecular weight excluding hydrogens is 218 g/mol. The quantitative estimate of drug-likeness (QED) is 0.762. The Morgan fingerprint density at radius 2 is 2.00 bits per heavy atom. The molecule has 0 aliphatic carbocycles. The van der Waals surface area contributed by atoms with E-state index in [1.54, 1.807) is 0 Å². The maximum absolute atomic E-state index is 4.39. The molecule has 0 radical (unpaired) electrons. The van der Waals surface area contributed by atoms with Gasteiger partial charge in [-0.3, -0.25) is 4.99 Å². The Hall–Kier alpha value is -0.220. The van der Waals surface area contributed by atoms with E-state index in [2.05, 4.69) is 15.2 Å².